The standard InChI is InChI=1S/C13H22N4O/c1-3-5-9-15-13(17-14)16-11-7-6-8-12(10-11)18-4-2/h6-8,10H,3-5,9,14H2,1-2H3,(H2,15,16,17). The van der Waals surface area contributed by atoms with Crippen molar-refractivity contribution in [2.24, 2.45) is 10.8 Å². The summed E-state index contributed by atoms with van der Waals surface area (Å²) in [5.41, 5.74) is 3.46. The maximum atomic E-state index is 5.43. The Labute approximate surface area is 108 Å². The van der Waals surface area contributed by atoms with Crippen molar-refractivity contribution in [3.8, 4) is 5.75 Å². The molecule has 100 valence electrons. The minimum absolute atomic E-state index is 0.567. The highest BCUT2D eigenvalue weighted by Crippen LogP contribution is 2.16. The van der Waals surface area contributed by atoms with E-state index in [9.17, 15) is 0 Å². The smallest absolute Gasteiger partial charge is 0.210 e. The van der Waals surface area contributed by atoms with Crippen LogP contribution < -0.4 is 21.3 Å². The van der Waals surface area contributed by atoms with Gasteiger partial charge >= 0.3 is 0 Å². The molecule has 0 spiro atoms. The lowest BCUT2D eigenvalue weighted by atomic mass is 10.3. The van der Waals surface area contributed by atoms with Crippen molar-refractivity contribution in [3.05, 3.63) is 24.3 Å². The maximum Gasteiger partial charge on any atom is 0.210 e. The summed E-state index contributed by atoms with van der Waals surface area (Å²) in [7, 11) is 0. The number of rotatable bonds is 6. The summed E-state index contributed by atoms with van der Waals surface area (Å²) in [4.78, 5) is 4.33. The Kier molecular flexibility index (Phi) is 6.64. The Bertz CT molecular complexity index is 379. The average molecular weight is 250 g/mol. The molecule has 0 amide bonds. The Morgan fingerprint density at radius 3 is 2.89 bits per heavy atom. The van der Waals surface area contributed by atoms with Gasteiger partial charge in [-0.15, -0.1) is 0 Å². The van der Waals surface area contributed by atoms with E-state index in [0.717, 1.165) is 30.8 Å². The molecule has 0 aliphatic heterocycles. The number of hydrogen-bond donors (Lipinski definition) is 3. The molecule has 0 unspecified atom stereocenters. The average Bonchev–Trinajstić information content (AvgIpc) is 2.38. The van der Waals surface area contributed by atoms with E-state index >= 15 is 0 Å². The fourth-order valence-electron chi connectivity index (χ4n) is 1.44. The molecule has 0 aliphatic rings. The lowest BCUT2D eigenvalue weighted by Gasteiger charge is -2.10. The number of ether oxygens (including phenoxy) is 1. The summed E-state index contributed by atoms with van der Waals surface area (Å²) in [5.74, 6) is 6.82. The van der Waals surface area contributed by atoms with E-state index in [4.69, 9.17) is 10.6 Å². The highest BCUT2D eigenvalue weighted by molar-refractivity contribution is 5.93. The first-order chi connectivity index (χ1) is 8.80. The molecule has 0 radical (unpaired) electrons. The van der Waals surface area contributed by atoms with Gasteiger partial charge in [0.2, 0.25) is 5.96 Å². The summed E-state index contributed by atoms with van der Waals surface area (Å²) in [5, 5.41) is 3.12. The van der Waals surface area contributed by atoms with Crippen molar-refractivity contribution < 1.29 is 4.74 Å². The van der Waals surface area contributed by atoms with E-state index in [1.165, 1.54) is 0 Å². The Balaban J connectivity index is 2.63. The number of benzene rings is 1. The van der Waals surface area contributed by atoms with Crippen LogP contribution in [0.1, 0.15) is 26.7 Å². The fourth-order valence-corrected chi connectivity index (χ4v) is 1.44. The molecule has 4 N–H and O–H groups in total. The van der Waals surface area contributed by atoms with Crippen molar-refractivity contribution >= 4 is 11.6 Å². The van der Waals surface area contributed by atoms with Crippen LogP contribution in [0.5, 0.6) is 5.75 Å². The zero-order valence-corrected chi connectivity index (χ0v) is 11.1. The van der Waals surface area contributed by atoms with Crippen LogP contribution in [0.2, 0.25) is 0 Å². The van der Waals surface area contributed by atoms with E-state index in [-0.39, 0.29) is 0 Å². The van der Waals surface area contributed by atoms with Gasteiger partial charge in [0.05, 0.1) is 6.61 Å². The maximum absolute atomic E-state index is 5.43. The monoisotopic (exact) mass is 250 g/mol. The predicted octanol–water partition coefficient (Wildman–Crippen LogP) is 2.12. The second kappa shape index (κ2) is 8.36. The SMILES string of the molecule is CCCCN=C(NN)Nc1cccc(OCC)c1. The number of aliphatic imine (C=N–C) groups is 1. The molecule has 5 nitrogen and oxygen atoms in total. The van der Waals surface area contributed by atoms with Crippen LogP contribution in [0.15, 0.2) is 29.3 Å². The van der Waals surface area contributed by atoms with Crippen molar-refractivity contribution in [3.63, 3.8) is 0 Å². The third-order valence-electron chi connectivity index (χ3n) is 2.33. The van der Waals surface area contributed by atoms with Crippen LogP contribution >= 0.6 is 0 Å². The predicted molar refractivity (Wildman–Crippen MR) is 75.8 cm³/mol. The van der Waals surface area contributed by atoms with Crippen LogP contribution in [-0.4, -0.2) is 19.1 Å². The van der Waals surface area contributed by atoms with Crippen molar-refractivity contribution in [2.45, 2.75) is 26.7 Å². The highest BCUT2D eigenvalue weighted by atomic mass is 16.5. The zero-order valence-electron chi connectivity index (χ0n) is 11.1. The van der Waals surface area contributed by atoms with Crippen molar-refractivity contribution in [1.29, 1.82) is 0 Å². The van der Waals surface area contributed by atoms with Gasteiger partial charge in [-0.2, -0.15) is 0 Å². The second-order valence-corrected chi connectivity index (χ2v) is 3.81. The molecule has 18 heavy (non-hydrogen) atoms. The molecule has 0 saturated carbocycles. The molecule has 1 aromatic carbocycles. The largest absolute Gasteiger partial charge is 0.494 e. The summed E-state index contributed by atoms with van der Waals surface area (Å²) in [6, 6.07) is 7.69. The topological polar surface area (TPSA) is 71.7 Å². The van der Waals surface area contributed by atoms with E-state index < -0.39 is 0 Å². The molecule has 0 aliphatic carbocycles. The van der Waals surface area contributed by atoms with Crippen LogP contribution in [0.25, 0.3) is 0 Å². The Morgan fingerprint density at radius 1 is 1.39 bits per heavy atom. The van der Waals surface area contributed by atoms with Gasteiger partial charge in [0, 0.05) is 18.3 Å². The van der Waals surface area contributed by atoms with Crippen LogP contribution in [-0.2, 0) is 0 Å². The minimum atomic E-state index is 0.567. The van der Waals surface area contributed by atoms with E-state index in [0.29, 0.717) is 12.6 Å². The molecule has 0 aromatic heterocycles. The number of nitrogens with zero attached hydrogens (tertiary/aromatic N) is 1. The first-order valence-electron chi connectivity index (χ1n) is 6.31. The number of anilines is 1. The van der Waals surface area contributed by atoms with Gasteiger partial charge in [-0.25, -0.2) is 5.84 Å². The molecule has 0 heterocycles. The number of guanidine groups is 1. The van der Waals surface area contributed by atoms with Crippen LogP contribution in [0.4, 0.5) is 5.69 Å². The van der Waals surface area contributed by atoms with Crippen molar-refractivity contribution in [2.75, 3.05) is 18.5 Å². The lowest BCUT2D eigenvalue weighted by Crippen LogP contribution is -2.36. The summed E-state index contributed by atoms with van der Waals surface area (Å²) in [6.45, 7) is 5.49. The normalized spacial score (nSPS) is 11.2. The van der Waals surface area contributed by atoms with Gasteiger partial charge < -0.3 is 10.1 Å². The van der Waals surface area contributed by atoms with Crippen LogP contribution in [0.3, 0.4) is 0 Å². The fraction of sp³-hybridized carbons (Fsp3) is 0.462. The summed E-state index contributed by atoms with van der Waals surface area (Å²) >= 11 is 0. The third kappa shape index (κ3) is 5.05. The number of nitrogens with two attached hydrogens (primary N) is 1. The molecular weight excluding hydrogens is 228 g/mol. The Morgan fingerprint density at radius 2 is 2.22 bits per heavy atom. The minimum Gasteiger partial charge on any atom is -0.494 e. The second-order valence-electron chi connectivity index (χ2n) is 3.81. The number of hydrazine groups is 1. The van der Waals surface area contributed by atoms with Crippen molar-refractivity contribution in [1.82, 2.24) is 5.43 Å². The molecule has 0 fully saturated rings. The summed E-state index contributed by atoms with van der Waals surface area (Å²) < 4.78 is 5.43. The molecule has 1 aromatic rings. The first-order valence-corrected chi connectivity index (χ1v) is 6.31. The number of unbranched alkanes of at least 4 members (excludes halogenated alkanes) is 1. The molecule has 0 saturated heterocycles. The zero-order chi connectivity index (χ0) is 13.2. The number of hydrogen-bond acceptors (Lipinski definition) is 3. The van der Waals surface area contributed by atoms with Crippen LogP contribution in [0, 0.1) is 0 Å². The van der Waals surface area contributed by atoms with Gasteiger partial charge in [-0.1, -0.05) is 19.4 Å². The van der Waals surface area contributed by atoms with E-state index in [1.807, 2.05) is 31.2 Å². The molecule has 0 bridgehead atoms. The quantitative estimate of drug-likeness (QED) is 0.238. The van der Waals surface area contributed by atoms with E-state index in [1.54, 1.807) is 0 Å². The highest BCUT2D eigenvalue weighted by Gasteiger charge is 1.99. The van der Waals surface area contributed by atoms with Gasteiger partial charge in [-0.05, 0) is 25.5 Å². The van der Waals surface area contributed by atoms with Gasteiger partial charge in [0.15, 0.2) is 0 Å². The Hall–Kier alpha value is -1.75. The third-order valence-corrected chi connectivity index (χ3v) is 2.33. The van der Waals surface area contributed by atoms with E-state index in [2.05, 4.69) is 22.7 Å². The van der Waals surface area contributed by atoms with Gasteiger partial charge in [0.25, 0.3) is 0 Å². The number of nitrogens with one attached hydrogen (secondary N) is 2. The molecule has 1 rings (SSSR count). The lowest BCUT2D eigenvalue weighted by molar-refractivity contribution is 0.340. The molecular formula is C13H22N4O. The first kappa shape index (κ1) is 14.3. The van der Waals surface area contributed by atoms with Gasteiger partial charge in [0.1, 0.15) is 5.75 Å². The van der Waals surface area contributed by atoms with Gasteiger partial charge in [-0.3, -0.25) is 10.4 Å². The molecule has 0 atom stereocenters. The summed E-state index contributed by atoms with van der Waals surface area (Å²) in [6.07, 6.45) is 2.16. The molecule has 5 heteroatoms.